The Bertz CT molecular complexity index is 559. The summed E-state index contributed by atoms with van der Waals surface area (Å²) in [5, 5.41) is 15.3. The molecule has 114 valence electrons. The van der Waals surface area contributed by atoms with Gasteiger partial charge >= 0.3 is 0 Å². The number of methoxy groups -OCH3 is 2. The van der Waals surface area contributed by atoms with Gasteiger partial charge in [-0.15, -0.1) is 0 Å². The topological polar surface area (TPSA) is 56.5 Å². The van der Waals surface area contributed by atoms with E-state index in [0.717, 1.165) is 5.56 Å². The van der Waals surface area contributed by atoms with Gasteiger partial charge in [-0.2, -0.15) is 5.10 Å². The summed E-state index contributed by atoms with van der Waals surface area (Å²) < 4.78 is 12.1. The number of hydrogen-bond donors (Lipinski definition) is 1. The molecule has 2 atom stereocenters. The van der Waals surface area contributed by atoms with Gasteiger partial charge in [0.1, 0.15) is 12.2 Å². The number of aliphatic hydroxyl groups excluding tert-OH is 1. The van der Waals surface area contributed by atoms with Gasteiger partial charge in [-0.1, -0.05) is 41.9 Å². The zero-order valence-corrected chi connectivity index (χ0v) is 12.8. The van der Waals surface area contributed by atoms with Crippen LogP contribution < -0.4 is 0 Å². The lowest BCUT2D eigenvalue weighted by atomic mass is 10.0. The highest BCUT2D eigenvalue weighted by Gasteiger charge is 2.28. The minimum absolute atomic E-state index is 0.414. The van der Waals surface area contributed by atoms with Crippen molar-refractivity contribution in [2.75, 3.05) is 20.8 Å². The molecule has 1 heterocycles. The van der Waals surface area contributed by atoms with E-state index in [9.17, 15) is 5.11 Å². The normalized spacial score (nSPS) is 14.1. The Morgan fingerprint density at radius 2 is 2.00 bits per heavy atom. The van der Waals surface area contributed by atoms with Crippen molar-refractivity contribution in [3.05, 3.63) is 52.8 Å². The SMILES string of the molecule is COCCn1ncc(Cl)c1C(O)C(OC)c1ccccc1. The second kappa shape index (κ2) is 7.56. The van der Waals surface area contributed by atoms with E-state index in [1.807, 2.05) is 30.3 Å². The van der Waals surface area contributed by atoms with E-state index in [-0.39, 0.29) is 0 Å². The summed E-state index contributed by atoms with van der Waals surface area (Å²) in [7, 11) is 3.17. The number of benzene rings is 1. The Morgan fingerprint density at radius 1 is 1.29 bits per heavy atom. The van der Waals surface area contributed by atoms with E-state index in [2.05, 4.69) is 5.10 Å². The highest BCUT2D eigenvalue weighted by Crippen LogP contribution is 2.34. The van der Waals surface area contributed by atoms with Crippen molar-refractivity contribution in [1.82, 2.24) is 9.78 Å². The van der Waals surface area contributed by atoms with Gasteiger partial charge in [0, 0.05) is 14.2 Å². The maximum Gasteiger partial charge on any atom is 0.127 e. The molecule has 2 rings (SSSR count). The summed E-state index contributed by atoms with van der Waals surface area (Å²) in [6, 6.07) is 9.52. The smallest absolute Gasteiger partial charge is 0.127 e. The number of halogens is 1. The number of ether oxygens (including phenoxy) is 2. The molecule has 6 heteroatoms. The van der Waals surface area contributed by atoms with Crippen LogP contribution in [-0.2, 0) is 16.0 Å². The fraction of sp³-hybridized carbons (Fsp3) is 0.400. The third-order valence-electron chi connectivity index (χ3n) is 3.29. The molecule has 0 aliphatic rings. The van der Waals surface area contributed by atoms with Gasteiger partial charge in [0.25, 0.3) is 0 Å². The molecule has 2 aromatic rings. The van der Waals surface area contributed by atoms with Crippen LogP contribution in [0.2, 0.25) is 5.02 Å². The Labute approximate surface area is 129 Å². The molecule has 0 aliphatic carbocycles. The summed E-state index contributed by atoms with van der Waals surface area (Å²) in [6.45, 7) is 1.00. The van der Waals surface area contributed by atoms with Crippen LogP contribution in [0.4, 0.5) is 0 Å². The zero-order chi connectivity index (χ0) is 15.2. The number of hydrogen-bond acceptors (Lipinski definition) is 4. The van der Waals surface area contributed by atoms with Crippen molar-refractivity contribution >= 4 is 11.6 Å². The van der Waals surface area contributed by atoms with Gasteiger partial charge < -0.3 is 14.6 Å². The van der Waals surface area contributed by atoms with Crippen LogP contribution in [0.1, 0.15) is 23.5 Å². The van der Waals surface area contributed by atoms with Gasteiger partial charge in [0.15, 0.2) is 0 Å². The second-order valence-corrected chi connectivity index (χ2v) is 5.01. The first kappa shape index (κ1) is 16.0. The predicted octanol–water partition coefficient (Wildman–Crippen LogP) is 2.60. The van der Waals surface area contributed by atoms with Crippen molar-refractivity contribution in [2.24, 2.45) is 0 Å². The fourth-order valence-corrected chi connectivity index (χ4v) is 2.51. The van der Waals surface area contributed by atoms with Gasteiger partial charge in [0.05, 0.1) is 30.1 Å². The van der Waals surface area contributed by atoms with Crippen LogP contribution in [0.15, 0.2) is 36.5 Å². The molecule has 1 aromatic heterocycles. The molecule has 0 fully saturated rings. The number of aliphatic hydroxyl groups is 1. The summed E-state index contributed by atoms with van der Waals surface area (Å²) in [6.07, 6.45) is 0.0963. The van der Waals surface area contributed by atoms with Gasteiger partial charge in [0.2, 0.25) is 0 Å². The molecule has 21 heavy (non-hydrogen) atoms. The minimum atomic E-state index is -0.913. The minimum Gasteiger partial charge on any atom is -0.384 e. The van der Waals surface area contributed by atoms with Crippen molar-refractivity contribution in [1.29, 1.82) is 0 Å². The van der Waals surface area contributed by atoms with Crippen LogP contribution in [0.5, 0.6) is 0 Å². The molecule has 0 amide bonds. The van der Waals surface area contributed by atoms with E-state index in [1.165, 1.54) is 6.20 Å². The molecule has 0 saturated carbocycles. The lowest BCUT2D eigenvalue weighted by Crippen LogP contribution is -2.19. The predicted molar refractivity (Wildman–Crippen MR) is 80.3 cm³/mol. The molecule has 2 unspecified atom stereocenters. The van der Waals surface area contributed by atoms with Crippen molar-refractivity contribution < 1.29 is 14.6 Å². The molecule has 0 spiro atoms. The van der Waals surface area contributed by atoms with Crippen LogP contribution in [-0.4, -0.2) is 35.7 Å². The average Bonchev–Trinajstić information content (AvgIpc) is 2.87. The number of nitrogens with zero attached hydrogens (tertiary/aromatic N) is 2. The monoisotopic (exact) mass is 310 g/mol. The van der Waals surface area contributed by atoms with Gasteiger partial charge in [-0.3, -0.25) is 4.68 Å². The lowest BCUT2D eigenvalue weighted by molar-refractivity contribution is -0.0196. The highest BCUT2D eigenvalue weighted by molar-refractivity contribution is 6.31. The number of rotatable bonds is 7. The quantitative estimate of drug-likeness (QED) is 0.854. The van der Waals surface area contributed by atoms with Gasteiger partial charge in [-0.25, -0.2) is 0 Å². The van der Waals surface area contributed by atoms with Crippen molar-refractivity contribution in [2.45, 2.75) is 18.8 Å². The Balaban J connectivity index is 2.29. The third-order valence-corrected chi connectivity index (χ3v) is 3.58. The molecular formula is C15H19ClN2O3. The van der Waals surface area contributed by atoms with Crippen LogP contribution in [0.25, 0.3) is 0 Å². The van der Waals surface area contributed by atoms with E-state index in [4.69, 9.17) is 21.1 Å². The molecule has 1 N–H and O–H groups in total. The summed E-state index contributed by atoms with van der Waals surface area (Å²) >= 11 is 6.17. The first-order valence-corrected chi connectivity index (χ1v) is 7.02. The Morgan fingerprint density at radius 3 is 2.62 bits per heavy atom. The van der Waals surface area contributed by atoms with E-state index in [1.54, 1.807) is 18.9 Å². The molecule has 0 radical (unpaired) electrons. The highest BCUT2D eigenvalue weighted by atomic mass is 35.5. The van der Waals surface area contributed by atoms with E-state index < -0.39 is 12.2 Å². The summed E-state index contributed by atoms with van der Waals surface area (Å²) in [4.78, 5) is 0. The molecule has 0 bridgehead atoms. The average molecular weight is 311 g/mol. The summed E-state index contributed by atoms with van der Waals surface area (Å²) in [5.74, 6) is 0. The van der Waals surface area contributed by atoms with Crippen LogP contribution >= 0.6 is 11.6 Å². The molecule has 0 aliphatic heterocycles. The molecule has 1 aromatic carbocycles. The second-order valence-electron chi connectivity index (χ2n) is 4.61. The first-order valence-electron chi connectivity index (χ1n) is 6.65. The standard InChI is InChI=1S/C15H19ClN2O3/c1-20-9-8-18-13(12(16)10-17-18)14(19)15(21-2)11-6-4-3-5-7-11/h3-7,10,14-15,19H,8-9H2,1-2H3. The zero-order valence-electron chi connectivity index (χ0n) is 12.1. The Hall–Kier alpha value is -1.40. The third kappa shape index (κ3) is 3.63. The first-order chi connectivity index (χ1) is 10.2. The Kier molecular flexibility index (Phi) is 5.76. The van der Waals surface area contributed by atoms with E-state index >= 15 is 0 Å². The van der Waals surface area contributed by atoms with Crippen LogP contribution in [0.3, 0.4) is 0 Å². The van der Waals surface area contributed by atoms with Gasteiger partial charge in [-0.05, 0) is 5.56 Å². The van der Waals surface area contributed by atoms with Crippen molar-refractivity contribution in [3.63, 3.8) is 0 Å². The maximum absolute atomic E-state index is 10.7. The van der Waals surface area contributed by atoms with Crippen molar-refractivity contribution in [3.8, 4) is 0 Å². The number of aromatic nitrogens is 2. The molecule has 0 saturated heterocycles. The fourth-order valence-electron chi connectivity index (χ4n) is 2.26. The van der Waals surface area contributed by atoms with Crippen LogP contribution in [0, 0.1) is 0 Å². The molecule has 5 nitrogen and oxygen atoms in total. The van der Waals surface area contributed by atoms with E-state index in [0.29, 0.717) is 23.9 Å². The molecular weight excluding hydrogens is 292 g/mol. The lowest BCUT2D eigenvalue weighted by Gasteiger charge is -2.23. The summed E-state index contributed by atoms with van der Waals surface area (Å²) in [5.41, 5.74) is 1.41. The maximum atomic E-state index is 10.7. The largest absolute Gasteiger partial charge is 0.384 e.